The van der Waals surface area contributed by atoms with E-state index in [9.17, 15) is 4.79 Å². The predicted molar refractivity (Wildman–Crippen MR) is 114 cm³/mol. The van der Waals surface area contributed by atoms with Gasteiger partial charge in [0.1, 0.15) is 0 Å². The molecule has 2 rings (SSSR count). The third-order valence-electron chi connectivity index (χ3n) is 4.81. The summed E-state index contributed by atoms with van der Waals surface area (Å²) >= 11 is 0. The number of carbonyl (C=O) groups is 1. The fourth-order valence-electron chi connectivity index (χ4n) is 3.02. The molecule has 150 valence electrons. The molecule has 0 radical (unpaired) electrons. The molecule has 0 bridgehead atoms. The van der Waals surface area contributed by atoms with E-state index in [4.69, 9.17) is 4.74 Å². The molecule has 2 aromatic rings. The molecule has 0 aliphatic rings. The summed E-state index contributed by atoms with van der Waals surface area (Å²) in [5.74, 6) is 0. The van der Waals surface area contributed by atoms with Crippen molar-refractivity contribution in [3.05, 3.63) is 72.1 Å². The van der Waals surface area contributed by atoms with Gasteiger partial charge < -0.3 is 10.1 Å². The molecular weight excluding hydrogens is 348 g/mol. The Morgan fingerprint density at radius 3 is 2.75 bits per heavy atom. The molecule has 0 spiro atoms. The number of rotatable bonds is 9. The predicted octanol–water partition coefficient (Wildman–Crippen LogP) is 5.01. The molecule has 0 saturated carbocycles. The molecule has 4 heteroatoms. The first-order valence-corrected chi connectivity index (χ1v) is 10.0. The lowest BCUT2D eigenvalue weighted by atomic mass is 9.92. The van der Waals surface area contributed by atoms with Crippen molar-refractivity contribution >= 4 is 11.7 Å². The largest absolute Gasteiger partial charge is 0.443 e. The lowest BCUT2D eigenvalue weighted by molar-refractivity contribution is -0.698. The summed E-state index contributed by atoms with van der Waals surface area (Å²) in [7, 11) is 0. The molecular formula is C24H33N2O2+. The van der Waals surface area contributed by atoms with Gasteiger partial charge in [-0.2, -0.15) is 0 Å². The van der Waals surface area contributed by atoms with Gasteiger partial charge in [0.15, 0.2) is 25.5 Å². The number of allylic oxidation sites excluding steroid dienone is 1. The minimum absolute atomic E-state index is 0.329. The second-order valence-corrected chi connectivity index (χ2v) is 7.80. The highest BCUT2D eigenvalue weighted by Crippen LogP contribution is 2.23. The van der Waals surface area contributed by atoms with Gasteiger partial charge >= 0.3 is 6.09 Å². The normalized spacial score (nSPS) is 11.1. The van der Waals surface area contributed by atoms with E-state index in [1.807, 2.05) is 51.2 Å². The highest BCUT2D eigenvalue weighted by Gasteiger charge is 2.24. The fraction of sp³-hybridized carbons (Fsp3) is 0.417. The lowest BCUT2D eigenvalue weighted by Crippen LogP contribution is -2.43. The molecule has 0 aliphatic carbocycles. The number of nitrogens with zero attached hydrogens (tertiary/aromatic N) is 1. The van der Waals surface area contributed by atoms with Crippen LogP contribution in [0.4, 0.5) is 4.79 Å². The minimum atomic E-state index is -0.532. The van der Waals surface area contributed by atoms with E-state index in [0.29, 0.717) is 13.2 Å². The number of nitrogens with one attached hydrogen (secondary N) is 1. The highest BCUT2D eigenvalue weighted by molar-refractivity contribution is 5.69. The zero-order chi connectivity index (χ0) is 20.6. The third-order valence-corrected chi connectivity index (χ3v) is 4.81. The van der Waals surface area contributed by atoms with Gasteiger partial charge in [-0.15, -0.1) is 0 Å². The van der Waals surface area contributed by atoms with E-state index in [-0.39, 0.29) is 0 Å². The Balaban J connectivity index is 1.88. The van der Waals surface area contributed by atoms with Gasteiger partial charge in [-0.25, -0.2) is 9.36 Å². The van der Waals surface area contributed by atoms with Crippen molar-refractivity contribution in [3.63, 3.8) is 0 Å². The molecule has 1 heterocycles. The fourth-order valence-corrected chi connectivity index (χ4v) is 3.02. The summed E-state index contributed by atoms with van der Waals surface area (Å²) in [5, 5.41) is 2.96. The number of unbranched alkanes of at least 4 members (excludes halogenated alkanes) is 1. The van der Waals surface area contributed by atoms with Crippen LogP contribution in [0.25, 0.3) is 5.57 Å². The molecule has 0 atom stereocenters. The third kappa shape index (κ3) is 6.52. The summed E-state index contributed by atoms with van der Waals surface area (Å²) in [5.41, 5.74) is 3.87. The molecule has 4 nitrogen and oxygen atoms in total. The van der Waals surface area contributed by atoms with Crippen molar-refractivity contribution < 1.29 is 14.1 Å². The molecule has 1 amide bonds. The Hall–Kier alpha value is -2.62. The van der Waals surface area contributed by atoms with Crippen LogP contribution in [-0.2, 0) is 23.2 Å². The second kappa shape index (κ2) is 10.1. The Labute approximate surface area is 169 Å². The maximum atomic E-state index is 12.3. The van der Waals surface area contributed by atoms with Crippen LogP contribution in [0.3, 0.4) is 0 Å². The van der Waals surface area contributed by atoms with Gasteiger partial charge in [-0.3, -0.25) is 0 Å². The summed E-state index contributed by atoms with van der Waals surface area (Å²) in [6.07, 6.45) is 7.17. The standard InChI is InChI=1S/C24H32N2O2/c1-6-7-10-20-11-9-14-26(18-20)15-16-28-23(27)25-24(4,5)22-13-8-12-21(17-22)19(2)3/h8-9,11-14,17-18H,2,6-7,10,15-16H2,1,3-5H3/p+1. The molecule has 1 N–H and O–H groups in total. The van der Waals surface area contributed by atoms with Crippen molar-refractivity contribution in [2.24, 2.45) is 0 Å². The summed E-state index contributed by atoms with van der Waals surface area (Å²) < 4.78 is 7.48. The van der Waals surface area contributed by atoms with E-state index in [2.05, 4.69) is 41.7 Å². The number of ether oxygens (including phenoxy) is 1. The zero-order valence-electron chi connectivity index (χ0n) is 17.6. The molecule has 0 aliphatic heterocycles. The van der Waals surface area contributed by atoms with E-state index >= 15 is 0 Å². The molecule has 0 saturated heterocycles. The summed E-state index contributed by atoms with van der Waals surface area (Å²) in [6.45, 7) is 13.1. The van der Waals surface area contributed by atoms with Crippen molar-refractivity contribution in [3.8, 4) is 0 Å². The maximum Gasteiger partial charge on any atom is 0.408 e. The van der Waals surface area contributed by atoms with Crippen molar-refractivity contribution in [1.82, 2.24) is 5.32 Å². The first-order chi connectivity index (χ1) is 13.3. The molecule has 1 aromatic carbocycles. The number of aryl methyl sites for hydroxylation is 1. The van der Waals surface area contributed by atoms with Crippen LogP contribution in [0.15, 0.2) is 55.4 Å². The first-order valence-electron chi connectivity index (χ1n) is 10.0. The average molecular weight is 382 g/mol. The van der Waals surface area contributed by atoms with Crippen LogP contribution in [0, 0.1) is 0 Å². The Morgan fingerprint density at radius 2 is 2.04 bits per heavy atom. The SMILES string of the molecule is C=C(C)c1cccc(C(C)(C)NC(=O)OCC[n+]2cccc(CCCC)c2)c1. The number of hydrogen-bond donors (Lipinski definition) is 1. The Bertz CT molecular complexity index is 812. The van der Waals surface area contributed by atoms with Crippen LogP contribution in [0.1, 0.15) is 57.2 Å². The number of benzene rings is 1. The quantitative estimate of drug-likeness (QED) is 0.620. The topological polar surface area (TPSA) is 42.2 Å². The van der Waals surface area contributed by atoms with Crippen molar-refractivity contribution in [2.75, 3.05) is 6.61 Å². The number of alkyl carbamates (subject to hydrolysis) is 1. The van der Waals surface area contributed by atoms with Gasteiger partial charge in [0.05, 0.1) is 5.54 Å². The molecule has 28 heavy (non-hydrogen) atoms. The number of aromatic nitrogens is 1. The van der Waals surface area contributed by atoms with Crippen LogP contribution < -0.4 is 9.88 Å². The number of pyridine rings is 1. The Morgan fingerprint density at radius 1 is 1.25 bits per heavy atom. The lowest BCUT2D eigenvalue weighted by Gasteiger charge is -2.27. The van der Waals surface area contributed by atoms with E-state index < -0.39 is 11.6 Å². The highest BCUT2D eigenvalue weighted by atomic mass is 16.5. The van der Waals surface area contributed by atoms with Crippen LogP contribution in [0.2, 0.25) is 0 Å². The van der Waals surface area contributed by atoms with Crippen LogP contribution in [0.5, 0.6) is 0 Å². The molecule has 0 unspecified atom stereocenters. The van der Waals surface area contributed by atoms with Crippen molar-refractivity contribution in [2.45, 2.75) is 59.0 Å². The van der Waals surface area contributed by atoms with Crippen molar-refractivity contribution in [1.29, 1.82) is 0 Å². The average Bonchev–Trinajstić information content (AvgIpc) is 2.66. The number of hydrogen-bond acceptors (Lipinski definition) is 2. The minimum Gasteiger partial charge on any atom is -0.443 e. The maximum absolute atomic E-state index is 12.3. The smallest absolute Gasteiger partial charge is 0.408 e. The van der Waals surface area contributed by atoms with Crippen LogP contribution in [-0.4, -0.2) is 12.7 Å². The Kier molecular flexibility index (Phi) is 7.80. The summed E-state index contributed by atoms with van der Waals surface area (Å²) in [6, 6.07) is 12.2. The van der Waals surface area contributed by atoms with E-state index in [1.54, 1.807) is 0 Å². The molecule has 0 fully saturated rings. The number of amides is 1. The van der Waals surface area contributed by atoms with Gasteiger partial charge in [0.25, 0.3) is 0 Å². The van der Waals surface area contributed by atoms with Crippen LogP contribution >= 0.6 is 0 Å². The van der Waals surface area contributed by atoms with E-state index in [0.717, 1.165) is 23.1 Å². The van der Waals surface area contributed by atoms with Gasteiger partial charge in [-0.1, -0.05) is 43.7 Å². The monoisotopic (exact) mass is 381 g/mol. The first kappa shape index (κ1) is 21.7. The van der Waals surface area contributed by atoms with Gasteiger partial charge in [0, 0.05) is 11.6 Å². The zero-order valence-corrected chi connectivity index (χ0v) is 17.6. The van der Waals surface area contributed by atoms with Gasteiger partial charge in [-0.05, 0) is 56.9 Å². The van der Waals surface area contributed by atoms with E-state index in [1.165, 1.54) is 18.4 Å². The van der Waals surface area contributed by atoms with Gasteiger partial charge in [0.2, 0.25) is 0 Å². The number of carbonyl (C=O) groups excluding carboxylic acids is 1. The summed E-state index contributed by atoms with van der Waals surface area (Å²) in [4.78, 5) is 12.3. The second-order valence-electron chi connectivity index (χ2n) is 7.80. The molecule has 1 aromatic heterocycles.